The summed E-state index contributed by atoms with van der Waals surface area (Å²) in [4.78, 5) is 13.7. The van der Waals surface area contributed by atoms with Gasteiger partial charge in [-0.15, -0.1) is 0 Å². The van der Waals surface area contributed by atoms with E-state index in [0.29, 0.717) is 13.1 Å². The Bertz CT molecular complexity index is 550. The van der Waals surface area contributed by atoms with Crippen molar-refractivity contribution in [3.05, 3.63) is 23.3 Å². The zero-order chi connectivity index (χ0) is 16.8. The van der Waals surface area contributed by atoms with Crippen LogP contribution in [-0.2, 0) is 17.8 Å². The van der Waals surface area contributed by atoms with Crippen LogP contribution in [0.25, 0.3) is 0 Å². The fraction of sp³-hybridized carbons (Fsp3) is 0.562. The molecule has 0 aliphatic carbocycles. The van der Waals surface area contributed by atoms with E-state index in [-0.39, 0.29) is 30.0 Å². The number of carbonyl (C=O) groups is 1. The molecule has 7 heteroatoms. The van der Waals surface area contributed by atoms with E-state index in [2.05, 4.69) is 10.2 Å². The second-order valence-electron chi connectivity index (χ2n) is 6.11. The van der Waals surface area contributed by atoms with Crippen molar-refractivity contribution in [1.29, 1.82) is 0 Å². The highest BCUT2D eigenvalue weighted by Gasteiger charge is 2.18. The number of phenols is 2. The summed E-state index contributed by atoms with van der Waals surface area (Å²) in [6, 6.07) is 3.22. The summed E-state index contributed by atoms with van der Waals surface area (Å²) in [6.07, 6.45) is 2.95. The van der Waals surface area contributed by atoms with E-state index in [9.17, 15) is 15.0 Å². The van der Waals surface area contributed by atoms with Gasteiger partial charge in [-0.1, -0.05) is 0 Å². The number of hydrogen-bond donors (Lipinski definition) is 5. The van der Waals surface area contributed by atoms with E-state index in [1.807, 2.05) is 12.4 Å². The Labute approximate surface area is 135 Å². The maximum absolute atomic E-state index is 11.5. The Morgan fingerprint density at radius 3 is 2.65 bits per heavy atom. The van der Waals surface area contributed by atoms with Gasteiger partial charge in [0, 0.05) is 19.1 Å². The van der Waals surface area contributed by atoms with Gasteiger partial charge < -0.3 is 20.7 Å². The van der Waals surface area contributed by atoms with Crippen LogP contribution in [0, 0.1) is 0 Å². The molecule has 1 amide bonds. The molecule has 1 aromatic carbocycles. The van der Waals surface area contributed by atoms with Crippen molar-refractivity contribution in [1.82, 2.24) is 15.7 Å². The first kappa shape index (κ1) is 17.5. The number of hydrogen-bond acceptors (Lipinski definition) is 6. The second-order valence-corrected chi connectivity index (χ2v) is 6.11. The van der Waals surface area contributed by atoms with Gasteiger partial charge in [-0.05, 0) is 56.0 Å². The van der Waals surface area contributed by atoms with Crippen LogP contribution >= 0.6 is 0 Å². The van der Waals surface area contributed by atoms with Crippen LogP contribution in [0.1, 0.15) is 30.9 Å². The number of aryl methyl sites for hydroxylation is 1. The average Bonchev–Trinajstić information content (AvgIpc) is 2.46. The second kappa shape index (κ2) is 8.14. The molecule has 2 rings (SSSR count). The third kappa shape index (κ3) is 5.09. The number of amides is 1. The number of nitrogens with zero attached hydrogens (tertiary/aromatic N) is 1. The first-order valence-corrected chi connectivity index (χ1v) is 7.92. The van der Waals surface area contributed by atoms with Crippen molar-refractivity contribution >= 4 is 5.91 Å². The largest absolute Gasteiger partial charge is 0.504 e. The Hall–Kier alpha value is -1.83. The summed E-state index contributed by atoms with van der Waals surface area (Å²) in [6.45, 7) is 4.06. The smallest absolute Gasteiger partial charge is 0.236 e. The summed E-state index contributed by atoms with van der Waals surface area (Å²) in [5.41, 5.74) is 3.91. The van der Waals surface area contributed by atoms with E-state index in [4.69, 9.17) is 5.21 Å². The zero-order valence-corrected chi connectivity index (χ0v) is 13.4. The average molecular weight is 323 g/mol. The molecular formula is C16H25N3O4. The van der Waals surface area contributed by atoms with E-state index < -0.39 is 0 Å². The quantitative estimate of drug-likeness (QED) is 0.404. The highest BCUT2D eigenvalue weighted by molar-refractivity contribution is 5.78. The molecule has 0 radical (unpaired) electrons. The molecule has 1 atom stereocenters. The van der Waals surface area contributed by atoms with Crippen molar-refractivity contribution in [2.45, 2.75) is 38.8 Å². The van der Waals surface area contributed by atoms with Gasteiger partial charge in [-0.2, -0.15) is 5.48 Å². The maximum atomic E-state index is 11.5. The van der Waals surface area contributed by atoms with Crippen LogP contribution in [0.15, 0.2) is 12.1 Å². The van der Waals surface area contributed by atoms with Crippen LogP contribution in [0.3, 0.4) is 0 Å². The SMILES string of the molecule is C[C@@H](CN1CCCCc2cc(O)c(O)cc2C1)NC(=O)CNO. The Morgan fingerprint density at radius 2 is 1.96 bits per heavy atom. The van der Waals surface area contributed by atoms with E-state index >= 15 is 0 Å². The molecular weight excluding hydrogens is 298 g/mol. The van der Waals surface area contributed by atoms with Crippen molar-refractivity contribution in [2.75, 3.05) is 19.6 Å². The highest BCUT2D eigenvalue weighted by Crippen LogP contribution is 2.31. The molecule has 1 heterocycles. The molecule has 0 aromatic heterocycles. The molecule has 1 aliphatic rings. The fourth-order valence-electron chi connectivity index (χ4n) is 3.00. The van der Waals surface area contributed by atoms with Gasteiger partial charge in [-0.25, -0.2) is 0 Å². The molecule has 5 N–H and O–H groups in total. The molecule has 1 aliphatic heterocycles. The lowest BCUT2D eigenvalue weighted by molar-refractivity contribution is -0.122. The predicted molar refractivity (Wildman–Crippen MR) is 85.4 cm³/mol. The fourth-order valence-corrected chi connectivity index (χ4v) is 3.00. The monoisotopic (exact) mass is 323 g/mol. The summed E-state index contributed by atoms with van der Waals surface area (Å²) < 4.78 is 0. The number of rotatable bonds is 5. The molecule has 0 spiro atoms. The molecule has 0 saturated heterocycles. The molecule has 23 heavy (non-hydrogen) atoms. The maximum Gasteiger partial charge on any atom is 0.236 e. The Morgan fingerprint density at radius 1 is 1.26 bits per heavy atom. The van der Waals surface area contributed by atoms with E-state index in [0.717, 1.165) is 36.9 Å². The molecule has 7 nitrogen and oxygen atoms in total. The summed E-state index contributed by atoms with van der Waals surface area (Å²) in [7, 11) is 0. The van der Waals surface area contributed by atoms with Crippen molar-refractivity contribution in [2.24, 2.45) is 0 Å². The Kier molecular flexibility index (Phi) is 6.20. The normalized spacial score (nSPS) is 17.0. The minimum Gasteiger partial charge on any atom is -0.504 e. The summed E-state index contributed by atoms with van der Waals surface area (Å²) in [5, 5.41) is 30.7. The lowest BCUT2D eigenvalue weighted by Crippen LogP contribution is -2.44. The first-order valence-electron chi connectivity index (χ1n) is 7.92. The molecule has 0 unspecified atom stereocenters. The molecule has 0 saturated carbocycles. The van der Waals surface area contributed by atoms with Crippen molar-refractivity contribution in [3.8, 4) is 11.5 Å². The van der Waals surface area contributed by atoms with Gasteiger partial charge in [0.1, 0.15) is 0 Å². The number of aromatic hydroxyl groups is 2. The van der Waals surface area contributed by atoms with Crippen LogP contribution in [0.5, 0.6) is 11.5 Å². The lowest BCUT2D eigenvalue weighted by Gasteiger charge is -2.29. The standard InChI is InChI=1S/C16H25N3O4/c1-11(18-16(22)8-17-23)9-19-5-3-2-4-12-6-14(20)15(21)7-13(12)10-19/h6-7,11,17,20-21,23H,2-5,8-10H2,1H3,(H,18,22)/t11-/m0/s1. The minimum absolute atomic E-state index is 0.0514. The number of hydroxylamine groups is 1. The van der Waals surface area contributed by atoms with Crippen LogP contribution in [0.2, 0.25) is 0 Å². The third-order valence-corrected chi connectivity index (χ3v) is 4.04. The number of benzene rings is 1. The zero-order valence-electron chi connectivity index (χ0n) is 13.4. The number of phenolic OH excluding ortho intramolecular Hbond substituents is 2. The third-order valence-electron chi connectivity index (χ3n) is 4.04. The van der Waals surface area contributed by atoms with Crippen molar-refractivity contribution < 1.29 is 20.2 Å². The summed E-state index contributed by atoms with van der Waals surface area (Å²) >= 11 is 0. The number of nitrogens with one attached hydrogen (secondary N) is 2. The molecule has 0 bridgehead atoms. The van der Waals surface area contributed by atoms with Gasteiger partial charge in [0.15, 0.2) is 11.5 Å². The number of fused-ring (bicyclic) bond motifs is 1. The van der Waals surface area contributed by atoms with Gasteiger partial charge in [0.05, 0.1) is 6.54 Å². The topological polar surface area (TPSA) is 105 Å². The molecule has 128 valence electrons. The minimum atomic E-state index is -0.255. The summed E-state index contributed by atoms with van der Waals surface area (Å²) in [5.74, 6) is -0.428. The van der Waals surface area contributed by atoms with E-state index in [1.165, 1.54) is 0 Å². The first-order chi connectivity index (χ1) is 11.0. The Balaban J connectivity index is 2.02. The lowest BCUT2D eigenvalue weighted by atomic mass is 9.98. The van der Waals surface area contributed by atoms with Crippen LogP contribution in [0.4, 0.5) is 0 Å². The highest BCUT2D eigenvalue weighted by atomic mass is 16.5. The van der Waals surface area contributed by atoms with Gasteiger partial charge in [0.2, 0.25) is 5.91 Å². The van der Waals surface area contributed by atoms with Gasteiger partial charge in [-0.3, -0.25) is 9.69 Å². The van der Waals surface area contributed by atoms with Crippen molar-refractivity contribution in [3.63, 3.8) is 0 Å². The predicted octanol–water partition coefficient (Wildman–Crippen LogP) is 0.720. The number of carbonyl (C=O) groups excluding carboxylic acids is 1. The van der Waals surface area contributed by atoms with Gasteiger partial charge >= 0.3 is 0 Å². The van der Waals surface area contributed by atoms with Gasteiger partial charge in [0.25, 0.3) is 0 Å². The van der Waals surface area contributed by atoms with E-state index in [1.54, 1.807) is 12.1 Å². The van der Waals surface area contributed by atoms with Crippen LogP contribution < -0.4 is 10.8 Å². The molecule has 0 fully saturated rings. The van der Waals surface area contributed by atoms with Crippen LogP contribution in [-0.4, -0.2) is 51.9 Å². The molecule has 1 aromatic rings.